The van der Waals surface area contributed by atoms with E-state index < -0.39 is 23.7 Å². The van der Waals surface area contributed by atoms with Crippen molar-refractivity contribution in [1.82, 2.24) is 59.0 Å². The molecule has 4 N–H and O–H groups in total. The van der Waals surface area contributed by atoms with Crippen LogP contribution >= 0.6 is 0 Å². The lowest BCUT2D eigenvalue weighted by molar-refractivity contribution is -0.149. The third-order valence-electron chi connectivity index (χ3n) is 19.3. The SMILES string of the molecule is Cn1ccnc1-c1c2nc(c(C3CCCOC3=O)c3ccc([nH]3)c(-c3cccc(-c4c5nc(c(C6CCCOC6=O)c6ccc([nH]6)c(-c6nccn6C)c6nc(c(C7CCCOC7=O)c7ccc4[nH]7)C=C6)C=C5)c3)c3nc(c(C4CCCOC4=O)c4ccc1[nH]4)C=C3)C=C2. The number of fused-ring (bicyclic) bond motifs is 16. The molecule has 8 aliphatic rings. The number of carbonyl (C=O) groups excluding carboxylic acids is 4. The smallest absolute Gasteiger partial charge is 0.313 e. The second kappa shape index (κ2) is 22.8. The molecule has 0 spiro atoms. The Morgan fingerprint density at radius 3 is 0.926 bits per heavy atom. The van der Waals surface area contributed by atoms with Crippen LogP contribution in [0.3, 0.4) is 0 Å². The van der Waals surface area contributed by atoms with Crippen LogP contribution in [0, 0.1) is 0 Å². The number of aromatic amines is 4. The molecule has 466 valence electrons. The topological polar surface area (TPSA) is 256 Å². The van der Waals surface area contributed by atoms with Crippen molar-refractivity contribution < 1.29 is 38.1 Å². The number of benzene rings is 1. The number of hydrogen-bond donors (Lipinski definition) is 4. The molecule has 8 aromatic heterocycles. The highest BCUT2D eigenvalue weighted by atomic mass is 16.5. The van der Waals surface area contributed by atoms with E-state index in [0.29, 0.717) is 190 Å². The van der Waals surface area contributed by atoms with Gasteiger partial charge < -0.3 is 48.0 Å². The Labute approximate surface area is 537 Å². The standard InChI is InChI=1S/C74H62N12O8/c1-85-32-30-75-69(85)67-57-26-22-53(81-57)63(41-10-4-34-91-71(41)87)49-18-14-45(77-49)61(46-15-19-50(78-46)64(54-23-27-58(67)82-54)42-11-5-35-92-72(42)88)39-8-3-9-40(38-39)62-47-16-20-51(79-47)65(43-12-6-36-93-73(43)89)55-24-28-59(83-55)68(70-76-31-33-86(70)2)60-29-25-56(84-60)66(52-21-17-48(62)80-52)44-13-7-37-94-74(44)90/h3,8-9,14-33,38,41-44,77,79,82,84H,4-7,10-13,34-37H2,1-2H3. The monoisotopic (exact) mass is 1250 g/mol. The minimum atomic E-state index is -0.632. The Bertz CT molecular complexity index is 4870. The van der Waals surface area contributed by atoms with Gasteiger partial charge in [-0.25, -0.2) is 29.9 Å². The second-order valence-electron chi connectivity index (χ2n) is 24.9. The number of esters is 4. The molecule has 0 saturated carbocycles. The van der Waals surface area contributed by atoms with Crippen LogP contribution in [0.1, 0.15) is 143 Å². The highest BCUT2D eigenvalue weighted by Gasteiger charge is 2.36. The number of imidazole rings is 2. The first-order chi connectivity index (χ1) is 46.1. The van der Waals surface area contributed by atoms with Crippen molar-refractivity contribution in [2.75, 3.05) is 26.4 Å². The van der Waals surface area contributed by atoms with Crippen molar-refractivity contribution in [1.29, 1.82) is 0 Å². The van der Waals surface area contributed by atoms with Crippen molar-refractivity contribution in [2.45, 2.75) is 75.0 Å². The molecule has 0 aliphatic carbocycles. The van der Waals surface area contributed by atoms with Crippen LogP contribution in [0.15, 0.2) is 97.6 Å². The van der Waals surface area contributed by atoms with Crippen LogP contribution in [-0.2, 0) is 52.2 Å². The van der Waals surface area contributed by atoms with Crippen molar-refractivity contribution >= 4 is 117 Å². The lowest BCUT2D eigenvalue weighted by Gasteiger charge is -2.22. The van der Waals surface area contributed by atoms with Gasteiger partial charge in [0, 0.05) is 105 Å². The highest BCUT2D eigenvalue weighted by molar-refractivity contribution is 6.00. The number of aromatic nitrogens is 12. The lowest BCUT2D eigenvalue weighted by Crippen LogP contribution is -2.23. The highest BCUT2D eigenvalue weighted by Crippen LogP contribution is 2.44. The van der Waals surface area contributed by atoms with Crippen molar-refractivity contribution in [3.8, 4) is 45.0 Å². The zero-order valence-electron chi connectivity index (χ0n) is 51.5. The van der Waals surface area contributed by atoms with E-state index in [9.17, 15) is 19.2 Å². The van der Waals surface area contributed by atoms with Gasteiger partial charge in [0.05, 0.1) is 118 Å². The molecule has 16 bridgehead atoms. The molecule has 9 aromatic rings. The van der Waals surface area contributed by atoms with Gasteiger partial charge in [0.25, 0.3) is 0 Å². The summed E-state index contributed by atoms with van der Waals surface area (Å²) in [5.74, 6) is -2.47. The molecule has 94 heavy (non-hydrogen) atoms. The fraction of sp³-hybridized carbons (Fsp3) is 0.243. The molecular formula is C74H62N12O8. The minimum absolute atomic E-state index is 0.321. The quantitative estimate of drug-likeness (QED) is 0.0815. The van der Waals surface area contributed by atoms with Gasteiger partial charge in [-0.2, -0.15) is 0 Å². The molecule has 20 heteroatoms. The van der Waals surface area contributed by atoms with E-state index in [4.69, 9.17) is 48.9 Å². The largest absolute Gasteiger partial charge is 0.465 e. The molecule has 20 nitrogen and oxygen atoms in total. The minimum Gasteiger partial charge on any atom is -0.465 e. The Balaban J connectivity index is 0.952. The predicted molar refractivity (Wildman–Crippen MR) is 358 cm³/mol. The Kier molecular flexibility index (Phi) is 13.8. The van der Waals surface area contributed by atoms with E-state index in [2.05, 4.69) is 38.1 Å². The first-order valence-corrected chi connectivity index (χ1v) is 32.1. The average Bonchev–Trinajstić information content (AvgIpc) is 1.62. The third kappa shape index (κ3) is 9.64. The maximum Gasteiger partial charge on any atom is 0.313 e. The number of nitrogens with zero attached hydrogens (tertiary/aromatic N) is 8. The Morgan fingerprint density at radius 2 is 0.638 bits per heavy atom. The molecule has 4 atom stereocenters. The summed E-state index contributed by atoms with van der Waals surface area (Å²) in [4.78, 5) is 103. The normalized spacial score (nSPS) is 19.3. The van der Waals surface area contributed by atoms with Crippen molar-refractivity contribution in [3.63, 3.8) is 0 Å². The van der Waals surface area contributed by atoms with Gasteiger partial charge in [-0.05, 0) is 166 Å². The van der Waals surface area contributed by atoms with E-state index in [-0.39, 0.29) is 23.9 Å². The van der Waals surface area contributed by atoms with Crippen LogP contribution in [-0.4, -0.2) is 109 Å². The summed E-state index contributed by atoms with van der Waals surface area (Å²) >= 11 is 0. The fourth-order valence-corrected chi connectivity index (χ4v) is 14.8. The van der Waals surface area contributed by atoms with Gasteiger partial charge in [-0.15, -0.1) is 0 Å². The van der Waals surface area contributed by atoms with Crippen LogP contribution in [0.2, 0.25) is 0 Å². The summed E-state index contributed by atoms with van der Waals surface area (Å²) < 4.78 is 27.1. The number of cyclic esters (lactones) is 4. The zero-order valence-corrected chi connectivity index (χ0v) is 51.5. The zero-order chi connectivity index (χ0) is 63.3. The Hall–Kier alpha value is -11.3. The molecule has 8 aliphatic heterocycles. The lowest BCUT2D eigenvalue weighted by atomic mass is 9.91. The van der Waals surface area contributed by atoms with Gasteiger partial charge in [-0.1, -0.05) is 18.2 Å². The summed E-state index contributed by atoms with van der Waals surface area (Å²) in [5, 5.41) is 0. The number of rotatable bonds is 8. The first-order valence-electron chi connectivity index (χ1n) is 32.1. The molecule has 4 fully saturated rings. The summed E-state index contributed by atoms with van der Waals surface area (Å²) in [6.07, 6.45) is 28.0. The number of aryl methyl sites for hydroxylation is 2. The molecule has 0 amide bonds. The van der Waals surface area contributed by atoms with Gasteiger partial charge >= 0.3 is 23.9 Å². The summed E-state index contributed by atoms with van der Waals surface area (Å²) in [6, 6.07) is 24.2. The van der Waals surface area contributed by atoms with Gasteiger partial charge in [0.15, 0.2) is 0 Å². The van der Waals surface area contributed by atoms with Gasteiger partial charge in [-0.3, -0.25) is 19.2 Å². The van der Waals surface area contributed by atoms with E-state index in [1.807, 2.05) is 139 Å². The van der Waals surface area contributed by atoms with E-state index >= 15 is 0 Å². The summed E-state index contributed by atoms with van der Waals surface area (Å²) in [6.45, 7) is 1.34. The Morgan fingerprint density at radius 1 is 0.362 bits per heavy atom. The van der Waals surface area contributed by atoms with Gasteiger partial charge in [0.2, 0.25) is 0 Å². The van der Waals surface area contributed by atoms with Gasteiger partial charge in [0.1, 0.15) is 11.6 Å². The molecule has 16 heterocycles. The van der Waals surface area contributed by atoms with E-state index in [1.165, 1.54) is 0 Å². The number of carbonyl (C=O) groups is 4. The van der Waals surface area contributed by atoms with Crippen LogP contribution in [0.5, 0.6) is 0 Å². The maximum absolute atomic E-state index is 14.1. The van der Waals surface area contributed by atoms with Crippen molar-refractivity contribution in [3.05, 3.63) is 165 Å². The predicted octanol–water partition coefficient (Wildman–Crippen LogP) is 13.4. The maximum atomic E-state index is 14.1. The number of hydrogen-bond acceptors (Lipinski definition) is 14. The van der Waals surface area contributed by atoms with E-state index in [1.54, 1.807) is 12.4 Å². The third-order valence-corrected chi connectivity index (χ3v) is 19.3. The molecule has 4 unspecified atom stereocenters. The molecule has 17 rings (SSSR count). The summed E-state index contributed by atoms with van der Waals surface area (Å²) in [7, 11) is 3.87. The molecule has 1 aromatic carbocycles. The van der Waals surface area contributed by atoms with Crippen molar-refractivity contribution in [2.24, 2.45) is 14.1 Å². The fourth-order valence-electron chi connectivity index (χ4n) is 14.8. The van der Waals surface area contributed by atoms with E-state index in [0.717, 1.165) is 44.4 Å². The number of ether oxygens (including phenoxy) is 4. The van der Waals surface area contributed by atoms with Crippen LogP contribution in [0.4, 0.5) is 0 Å². The molecule has 4 saturated heterocycles. The van der Waals surface area contributed by atoms with Crippen LogP contribution in [0.25, 0.3) is 138 Å². The number of nitrogens with one attached hydrogen (secondary N) is 4. The molecular weight excluding hydrogens is 1180 g/mol. The number of H-pyrrole nitrogens is 4. The molecule has 0 radical (unpaired) electrons. The second-order valence-corrected chi connectivity index (χ2v) is 24.9. The first kappa shape index (κ1) is 56.7. The van der Waals surface area contributed by atoms with Crippen LogP contribution < -0.4 is 0 Å². The average molecular weight is 1250 g/mol. The summed E-state index contributed by atoms with van der Waals surface area (Å²) in [5.41, 5.74) is 17.8.